The Labute approximate surface area is 152 Å². The van der Waals surface area contributed by atoms with Crippen LogP contribution in [0.5, 0.6) is 0 Å². The summed E-state index contributed by atoms with van der Waals surface area (Å²) in [5.74, 6) is 0.103. The molecular weight excluding hydrogens is 358 g/mol. The fraction of sp³-hybridized carbons (Fsp3) is 0.353. The number of thiophene rings is 1. The third-order valence-electron chi connectivity index (χ3n) is 4.26. The number of hydrogen-bond donors (Lipinski definition) is 0. The molecule has 4 rings (SSSR count). The summed E-state index contributed by atoms with van der Waals surface area (Å²) in [5.41, 5.74) is 1.93. The number of likely N-dealkylation sites (tertiary alicyclic amines) is 1. The Morgan fingerprint density at radius 1 is 1.33 bits per heavy atom. The summed E-state index contributed by atoms with van der Waals surface area (Å²) in [5, 5.41) is 8.07. The van der Waals surface area contributed by atoms with E-state index in [-0.39, 0.29) is 11.9 Å². The molecule has 0 aliphatic carbocycles. The van der Waals surface area contributed by atoms with Crippen molar-refractivity contribution in [2.45, 2.75) is 32.2 Å². The van der Waals surface area contributed by atoms with Crippen LogP contribution < -0.4 is 0 Å². The van der Waals surface area contributed by atoms with Crippen molar-refractivity contribution in [3.8, 4) is 10.6 Å². The first-order valence-electron chi connectivity index (χ1n) is 7.94. The van der Waals surface area contributed by atoms with E-state index >= 15 is 0 Å². The fourth-order valence-corrected chi connectivity index (χ4v) is 5.58. The monoisotopic (exact) mass is 375 g/mol. The van der Waals surface area contributed by atoms with Gasteiger partial charge in [-0.3, -0.25) is 4.79 Å². The third kappa shape index (κ3) is 2.92. The van der Waals surface area contributed by atoms with Crippen molar-refractivity contribution in [3.05, 3.63) is 44.0 Å². The number of nitrogens with zero attached hydrogens (tertiary/aromatic N) is 3. The number of carbonyl (C=O) groups is 1. The summed E-state index contributed by atoms with van der Waals surface area (Å²) in [6.07, 6.45) is 5.02. The van der Waals surface area contributed by atoms with E-state index in [0.717, 1.165) is 52.0 Å². The number of hydrogen-bond acceptors (Lipinski definition) is 6. The van der Waals surface area contributed by atoms with Gasteiger partial charge in [0.25, 0.3) is 5.91 Å². The zero-order valence-corrected chi connectivity index (χ0v) is 15.7. The molecule has 1 unspecified atom stereocenters. The first-order valence-corrected chi connectivity index (χ1v) is 10.6. The molecule has 1 atom stereocenters. The molecule has 24 heavy (non-hydrogen) atoms. The van der Waals surface area contributed by atoms with Gasteiger partial charge < -0.3 is 4.90 Å². The molecule has 0 bridgehead atoms. The molecular formula is C17H17N3OS3. The highest BCUT2D eigenvalue weighted by Gasteiger charge is 2.32. The van der Waals surface area contributed by atoms with Gasteiger partial charge in [0.2, 0.25) is 0 Å². The molecule has 1 fully saturated rings. The summed E-state index contributed by atoms with van der Waals surface area (Å²) in [6.45, 7) is 2.73. The van der Waals surface area contributed by atoms with Crippen molar-refractivity contribution in [3.63, 3.8) is 0 Å². The van der Waals surface area contributed by atoms with Gasteiger partial charge >= 0.3 is 0 Å². The first-order chi connectivity index (χ1) is 11.7. The molecule has 0 saturated carbocycles. The van der Waals surface area contributed by atoms with Gasteiger partial charge in [0.05, 0.1) is 11.7 Å². The van der Waals surface area contributed by atoms with Crippen molar-refractivity contribution in [1.82, 2.24) is 14.9 Å². The van der Waals surface area contributed by atoms with Crippen LogP contribution in [-0.4, -0.2) is 27.3 Å². The molecule has 1 amide bonds. The maximum Gasteiger partial charge on any atom is 0.266 e. The van der Waals surface area contributed by atoms with Crippen LogP contribution >= 0.6 is 34.0 Å². The van der Waals surface area contributed by atoms with E-state index in [1.165, 1.54) is 11.3 Å². The van der Waals surface area contributed by atoms with Crippen LogP contribution in [0.15, 0.2) is 28.4 Å². The molecule has 0 radical (unpaired) electrons. The third-order valence-corrected chi connectivity index (χ3v) is 7.01. The van der Waals surface area contributed by atoms with E-state index in [9.17, 15) is 4.79 Å². The maximum atomic E-state index is 13.2. The van der Waals surface area contributed by atoms with Crippen LogP contribution in [0, 0.1) is 6.92 Å². The van der Waals surface area contributed by atoms with Gasteiger partial charge in [-0.2, -0.15) is 11.3 Å². The zero-order valence-electron chi connectivity index (χ0n) is 13.3. The van der Waals surface area contributed by atoms with Crippen LogP contribution in [0.3, 0.4) is 0 Å². The Kier molecular flexibility index (Phi) is 4.47. The van der Waals surface area contributed by atoms with E-state index in [4.69, 9.17) is 0 Å². The largest absolute Gasteiger partial charge is 0.328 e. The van der Waals surface area contributed by atoms with Crippen molar-refractivity contribution < 1.29 is 4.79 Å². The Morgan fingerprint density at radius 3 is 3.00 bits per heavy atom. The average Bonchev–Trinajstić information content (AvgIpc) is 3.35. The number of aromatic nitrogens is 2. The average molecular weight is 376 g/mol. The summed E-state index contributed by atoms with van der Waals surface area (Å²) < 4.78 is 0. The molecule has 1 aliphatic rings. The topological polar surface area (TPSA) is 46.1 Å². The number of rotatable bonds is 3. The van der Waals surface area contributed by atoms with Crippen LogP contribution in [0.2, 0.25) is 0 Å². The Balaban J connectivity index is 1.65. The zero-order chi connectivity index (χ0) is 16.5. The lowest BCUT2D eigenvalue weighted by atomic mass is 10.0. The summed E-state index contributed by atoms with van der Waals surface area (Å²) in [7, 11) is 0. The molecule has 0 N–H and O–H groups in total. The highest BCUT2D eigenvalue weighted by atomic mass is 32.1. The summed E-state index contributed by atoms with van der Waals surface area (Å²) >= 11 is 4.79. The van der Waals surface area contributed by atoms with E-state index in [1.807, 2.05) is 28.8 Å². The number of carbonyl (C=O) groups excluding carboxylic acids is 1. The molecule has 4 nitrogen and oxygen atoms in total. The number of aryl methyl sites for hydroxylation is 1. The Hall–Kier alpha value is -1.57. The quantitative estimate of drug-likeness (QED) is 0.647. The van der Waals surface area contributed by atoms with Crippen molar-refractivity contribution in [2.75, 3.05) is 6.54 Å². The van der Waals surface area contributed by atoms with Gasteiger partial charge in [0, 0.05) is 29.1 Å². The minimum atomic E-state index is 0.103. The lowest BCUT2D eigenvalue weighted by Crippen LogP contribution is -2.38. The second-order valence-electron chi connectivity index (χ2n) is 5.83. The fourth-order valence-electron chi connectivity index (χ4n) is 3.07. The molecule has 3 aromatic heterocycles. The molecule has 1 saturated heterocycles. The predicted octanol–water partition coefficient (Wildman–Crippen LogP) is 5.00. The predicted molar refractivity (Wildman–Crippen MR) is 99.9 cm³/mol. The highest BCUT2D eigenvalue weighted by Crippen LogP contribution is 2.36. The second-order valence-corrected chi connectivity index (χ2v) is 8.53. The van der Waals surface area contributed by atoms with Gasteiger partial charge in [0.1, 0.15) is 14.9 Å². The number of amides is 1. The maximum absolute atomic E-state index is 13.2. The highest BCUT2D eigenvalue weighted by molar-refractivity contribution is 7.17. The normalized spacial score (nSPS) is 18.0. The van der Waals surface area contributed by atoms with E-state index in [2.05, 4.69) is 21.4 Å². The minimum absolute atomic E-state index is 0.103. The lowest BCUT2D eigenvalue weighted by molar-refractivity contribution is 0.0615. The lowest BCUT2D eigenvalue weighted by Gasteiger charge is -2.34. The molecule has 4 heterocycles. The molecule has 1 aliphatic heterocycles. The van der Waals surface area contributed by atoms with Crippen LogP contribution in [0.4, 0.5) is 0 Å². The summed E-state index contributed by atoms with van der Waals surface area (Å²) in [4.78, 5) is 25.0. The molecule has 0 aromatic carbocycles. The van der Waals surface area contributed by atoms with Gasteiger partial charge in [-0.15, -0.1) is 22.7 Å². The Morgan fingerprint density at radius 2 is 2.25 bits per heavy atom. The van der Waals surface area contributed by atoms with E-state index < -0.39 is 0 Å². The molecule has 124 valence electrons. The van der Waals surface area contributed by atoms with Crippen LogP contribution in [-0.2, 0) is 0 Å². The van der Waals surface area contributed by atoms with Crippen molar-refractivity contribution in [2.24, 2.45) is 0 Å². The number of thiazole rings is 2. The minimum Gasteiger partial charge on any atom is -0.328 e. The first kappa shape index (κ1) is 15.9. The van der Waals surface area contributed by atoms with Gasteiger partial charge in [-0.1, -0.05) is 0 Å². The molecule has 7 heteroatoms. The number of piperidine rings is 1. The van der Waals surface area contributed by atoms with Crippen molar-refractivity contribution in [1.29, 1.82) is 0 Å². The van der Waals surface area contributed by atoms with Gasteiger partial charge in [0.15, 0.2) is 0 Å². The van der Waals surface area contributed by atoms with Gasteiger partial charge in [-0.05, 0) is 37.6 Å². The summed E-state index contributed by atoms with van der Waals surface area (Å²) in [6, 6.07) is 2.16. The van der Waals surface area contributed by atoms with Crippen LogP contribution in [0.25, 0.3) is 10.6 Å². The van der Waals surface area contributed by atoms with E-state index in [0.29, 0.717) is 0 Å². The SMILES string of the molecule is Cc1nc(-c2ccsc2)sc1C(=O)N1CCCCC1c1nccs1. The van der Waals surface area contributed by atoms with Crippen LogP contribution in [0.1, 0.15) is 45.7 Å². The molecule has 0 spiro atoms. The standard InChI is InChI=1S/C17H17N3OS3/c1-11-14(24-15(19-11)12-5-8-22-10-12)17(21)20-7-3-2-4-13(20)16-18-6-9-23-16/h5-6,8-10,13H,2-4,7H2,1H3. The van der Waals surface area contributed by atoms with Gasteiger partial charge in [-0.25, -0.2) is 9.97 Å². The molecule has 3 aromatic rings. The smallest absolute Gasteiger partial charge is 0.266 e. The Bertz CT molecular complexity index is 824. The second kappa shape index (κ2) is 6.74. The van der Waals surface area contributed by atoms with E-state index in [1.54, 1.807) is 22.7 Å². The van der Waals surface area contributed by atoms with Crippen molar-refractivity contribution >= 4 is 39.9 Å².